The summed E-state index contributed by atoms with van der Waals surface area (Å²) in [6.07, 6.45) is -4.36. The van der Waals surface area contributed by atoms with Gasteiger partial charge in [0.25, 0.3) is 0 Å². The molecule has 0 saturated heterocycles. The van der Waals surface area contributed by atoms with E-state index in [2.05, 4.69) is 0 Å². The Labute approximate surface area is 135 Å². The molecule has 0 aliphatic carbocycles. The highest BCUT2D eigenvalue weighted by Crippen LogP contribution is 2.32. The first-order valence-corrected chi connectivity index (χ1v) is 7.78. The molecular weight excluding hydrogens is 327 g/mol. The van der Waals surface area contributed by atoms with Crippen molar-refractivity contribution in [2.75, 3.05) is 11.5 Å². The largest absolute Gasteiger partial charge is 0.481 e. The predicted molar refractivity (Wildman–Crippen MR) is 85.1 cm³/mol. The second-order valence-corrected chi connectivity index (χ2v) is 5.86. The fraction of sp³-hybridized carbons (Fsp3) is 0.188. The Morgan fingerprint density at radius 3 is 2.26 bits per heavy atom. The van der Waals surface area contributed by atoms with E-state index < -0.39 is 17.7 Å². The Hall–Kier alpha value is -2.15. The van der Waals surface area contributed by atoms with Gasteiger partial charge in [-0.3, -0.25) is 4.79 Å². The van der Waals surface area contributed by atoms with Crippen molar-refractivity contribution in [2.45, 2.75) is 11.9 Å². The van der Waals surface area contributed by atoms with E-state index in [0.717, 1.165) is 23.3 Å². The van der Waals surface area contributed by atoms with Crippen LogP contribution in [0, 0.1) is 0 Å². The number of anilines is 1. The number of nitrogen functional groups attached to an aromatic ring is 1. The number of aliphatic carboxylic acids is 1. The summed E-state index contributed by atoms with van der Waals surface area (Å²) < 4.78 is 37.7. The number of hydrogen-bond donors (Lipinski definition) is 2. The summed E-state index contributed by atoms with van der Waals surface area (Å²) in [5, 5.41) is 8.64. The van der Waals surface area contributed by atoms with E-state index >= 15 is 0 Å². The number of hydrogen-bond acceptors (Lipinski definition) is 3. The lowest BCUT2D eigenvalue weighted by molar-refractivity contribution is -0.137. The lowest BCUT2D eigenvalue weighted by atomic mass is 10.0. The molecule has 0 fully saturated rings. The van der Waals surface area contributed by atoms with Gasteiger partial charge in [0.1, 0.15) is 0 Å². The second kappa shape index (κ2) is 6.95. The molecule has 0 spiro atoms. The summed E-state index contributed by atoms with van der Waals surface area (Å²) in [4.78, 5) is 10.5. The minimum atomic E-state index is -4.36. The molecule has 3 N–H and O–H groups in total. The van der Waals surface area contributed by atoms with Crippen LogP contribution in [0.4, 0.5) is 18.9 Å². The van der Waals surface area contributed by atoms with Crippen molar-refractivity contribution in [3.05, 3.63) is 53.6 Å². The Morgan fingerprint density at radius 1 is 1.09 bits per heavy atom. The molecule has 0 amide bonds. The van der Waals surface area contributed by atoms with Gasteiger partial charge in [0, 0.05) is 11.4 Å². The van der Waals surface area contributed by atoms with Crippen molar-refractivity contribution >= 4 is 23.4 Å². The molecule has 2 aromatic rings. The van der Waals surface area contributed by atoms with Crippen LogP contribution in [-0.2, 0) is 16.7 Å². The molecule has 0 aliphatic rings. The van der Waals surface area contributed by atoms with Crippen molar-refractivity contribution in [1.29, 1.82) is 0 Å². The van der Waals surface area contributed by atoms with Crippen molar-refractivity contribution in [3.8, 4) is 11.1 Å². The Morgan fingerprint density at radius 2 is 1.70 bits per heavy atom. The fourth-order valence-corrected chi connectivity index (χ4v) is 2.76. The van der Waals surface area contributed by atoms with Gasteiger partial charge in [0.2, 0.25) is 0 Å². The third-order valence-electron chi connectivity index (χ3n) is 3.17. The highest BCUT2D eigenvalue weighted by molar-refractivity contribution is 7.99. The van der Waals surface area contributed by atoms with Crippen LogP contribution in [-0.4, -0.2) is 16.8 Å². The van der Waals surface area contributed by atoms with E-state index in [9.17, 15) is 18.0 Å². The van der Waals surface area contributed by atoms with Crippen LogP contribution in [0.3, 0.4) is 0 Å². The summed E-state index contributed by atoms with van der Waals surface area (Å²) in [7, 11) is 0. The van der Waals surface area contributed by atoms with Gasteiger partial charge in [-0.1, -0.05) is 18.2 Å². The molecular formula is C16H14F3NO2S. The molecule has 0 unspecified atom stereocenters. The summed E-state index contributed by atoms with van der Waals surface area (Å²) in [5.41, 5.74) is 7.82. The summed E-state index contributed by atoms with van der Waals surface area (Å²) in [5.74, 6) is -0.524. The van der Waals surface area contributed by atoms with E-state index in [1.807, 2.05) is 0 Å². The van der Waals surface area contributed by atoms with E-state index in [-0.39, 0.29) is 5.75 Å². The molecule has 0 aliphatic heterocycles. The van der Waals surface area contributed by atoms with Crippen molar-refractivity contribution < 1.29 is 23.1 Å². The standard InChI is InChI=1S/C16H14F3NO2S/c17-16(18,19)13-4-1-10(2-5-13)11-3-6-14(20)12(7-11)8-23-9-15(21)22/h1-7H,8-9,20H2,(H,21,22). The Bertz CT molecular complexity index is 699. The number of carbonyl (C=O) groups is 1. The minimum Gasteiger partial charge on any atom is -0.481 e. The number of nitrogens with two attached hydrogens (primary N) is 1. The number of carboxylic acids is 1. The van der Waals surface area contributed by atoms with Gasteiger partial charge in [0.15, 0.2) is 0 Å². The van der Waals surface area contributed by atoms with Crippen LogP contribution in [0.5, 0.6) is 0 Å². The maximum Gasteiger partial charge on any atom is 0.416 e. The van der Waals surface area contributed by atoms with Crippen LogP contribution in [0.25, 0.3) is 11.1 Å². The average Bonchev–Trinajstić information content (AvgIpc) is 2.48. The lowest BCUT2D eigenvalue weighted by Gasteiger charge is -2.10. The second-order valence-electron chi connectivity index (χ2n) is 4.88. The molecule has 0 aromatic heterocycles. The van der Waals surface area contributed by atoms with Crippen LogP contribution in [0.15, 0.2) is 42.5 Å². The SMILES string of the molecule is Nc1ccc(-c2ccc(C(F)(F)F)cc2)cc1CSCC(=O)O. The van der Waals surface area contributed by atoms with Gasteiger partial charge in [0.05, 0.1) is 11.3 Å². The first-order chi connectivity index (χ1) is 10.8. The Kier molecular flexibility index (Phi) is 5.20. The Balaban J connectivity index is 2.21. The number of halogens is 3. The van der Waals surface area contributed by atoms with Gasteiger partial charge in [-0.05, 0) is 41.0 Å². The zero-order valence-corrected chi connectivity index (χ0v) is 12.7. The molecule has 23 heavy (non-hydrogen) atoms. The number of rotatable bonds is 5. The van der Waals surface area contributed by atoms with Gasteiger partial charge >= 0.3 is 12.1 Å². The van der Waals surface area contributed by atoms with Gasteiger partial charge < -0.3 is 10.8 Å². The quantitative estimate of drug-likeness (QED) is 0.797. The van der Waals surface area contributed by atoms with Gasteiger partial charge in [-0.25, -0.2) is 0 Å². The maximum atomic E-state index is 12.6. The first kappa shape index (κ1) is 17.2. The topological polar surface area (TPSA) is 63.3 Å². The molecule has 2 rings (SSSR count). The molecule has 0 atom stereocenters. The van der Waals surface area contributed by atoms with Crippen molar-refractivity contribution in [1.82, 2.24) is 0 Å². The molecule has 0 saturated carbocycles. The maximum absolute atomic E-state index is 12.6. The summed E-state index contributed by atoms with van der Waals surface area (Å²) in [6.45, 7) is 0. The number of alkyl halides is 3. The zero-order valence-electron chi connectivity index (χ0n) is 11.9. The summed E-state index contributed by atoms with van der Waals surface area (Å²) in [6, 6.07) is 10.0. The van der Waals surface area contributed by atoms with E-state index in [0.29, 0.717) is 17.0 Å². The average molecular weight is 341 g/mol. The smallest absolute Gasteiger partial charge is 0.416 e. The third kappa shape index (κ3) is 4.66. The van der Waals surface area contributed by atoms with E-state index in [1.54, 1.807) is 18.2 Å². The summed E-state index contributed by atoms with van der Waals surface area (Å²) >= 11 is 1.21. The monoisotopic (exact) mass is 341 g/mol. The van der Waals surface area contributed by atoms with Crippen LogP contribution >= 0.6 is 11.8 Å². The molecule has 0 bridgehead atoms. The van der Waals surface area contributed by atoms with Gasteiger partial charge in [-0.2, -0.15) is 13.2 Å². The number of carboxylic acid groups (broad SMARTS) is 1. The fourth-order valence-electron chi connectivity index (χ4n) is 2.01. The highest BCUT2D eigenvalue weighted by atomic mass is 32.2. The molecule has 0 heterocycles. The number of thioether (sulfide) groups is 1. The molecule has 2 aromatic carbocycles. The van der Waals surface area contributed by atoms with Gasteiger partial charge in [-0.15, -0.1) is 11.8 Å². The molecule has 0 radical (unpaired) electrons. The van der Waals surface area contributed by atoms with Crippen LogP contribution in [0.2, 0.25) is 0 Å². The first-order valence-electron chi connectivity index (χ1n) is 6.63. The molecule has 122 valence electrons. The van der Waals surface area contributed by atoms with Crippen LogP contribution < -0.4 is 5.73 Å². The normalized spacial score (nSPS) is 11.4. The lowest BCUT2D eigenvalue weighted by Crippen LogP contribution is -2.04. The van der Waals surface area contributed by atoms with Crippen molar-refractivity contribution in [3.63, 3.8) is 0 Å². The van der Waals surface area contributed by atoms with Crippen LogP contribution in [0.1, 0.15) is 11.1 Å². The molecule has 7 heteroatoms. The van der Waals surface area contributed by atoms with E-state index in [1.165, 1.54) is 23.9 Å². The predicted octanol–water partition coefficient (Wildman–Crippen LogP) is 4.27. The number of benzene rings is 2. The van der Waals surface area contributed by atoms with E-state index in [4.69, 9.17) is 10.8 Å². The highest BCUT2D eigenvalue weighted by Gasteiger charge is 2.29. The third-order valence-corrected chi connectivity index (χ3v) is 4.14. The van der Waals surface area contributed by atoms with Crippen molar-refractivity contribution in [2.24, 2.45) is 0 Å². The minimum absolute atomic E-state index is 0.0378. The molecule has 3 nitrogen and oxygen atoms in total. The zero-order chi connectivity index (χ0) is 17.0.